The van der Waals surface area contributed by atoms with Gasteiger partial charge in [-0.3, -0.25) is 4.79 Å². The third-order valence-corrected chi connectivity index (χ3v) is 4.06. The van der Waals surface area contributed by atoms with Crippen LogP contribution in [0.3, 0.4) is 0 Å². The molecule has 92 valence electrons. The van der Waals surface area contributed by atoms with Crippen molar-refractivity contribution in [2.24, 2.45) is 5.41 Å². The summed E-state index contributed by atoms with van der Waals surface area (Å²) in [6.45, 7) is 5.57. The van der Waals surface area contributed by atoms with E-state index in [0.717, 1.165) is 13.0 Å². The lowest BCUT2D eigenvalue weighted by molar-refractivity contribution is -0.121. The molecule has 16 heavy (non-hydrogen) atoms. The zero-order valence-corrected chi connectivity index (χ0v) is 10.5. The molecule has 0 aliphatic heterocycles. The van der Waals surface area contributed by atoms with Crippen LogP contribution in [-0.2, 0) is 4.79 Å². The Morgan fingerprint density at radius 1 is 1.44 bits per heavy atom. The standard InChI is InChI=1S/C13H24N2O/c1-10(13(2)7-8-13)14-9-3-4-12(16)15-11-5-6-11/h10-11,14H,3-9H2,1-2H3,(H,15,16). The first-order chi connectivity index (χ1) is 7.60. The van der Waals surface area contributed by atoms with Crippen molar-refractivity contribution in [3.63, 3.8) is 0 Å². The second kappa shape index (κ2) is 4.74. The van der Waals surface area contributed by atoms with Gasteiger partial charge in [0, 0.05) is 18.5 Å². The molecule has 2 rings (SSSR count). The molecule has 2 aliphatic rings. The van der Waals surface area contributed by atoms with Crippen molar-refractivity contribution < 1.29 is 4.79 Å². The van der Waals surface area contributed by atoms with Gasteiger partial charge in [0.1, 0.15) is 0 Å². The Balaban J connectivity index is 1.49. The molecule has 1 atom stereocenters. The van der Waals surface area contributed by atoms with Crippen LogP contribution in [0.2, 0.25) is 0 Å². The Kier molecular flexibility index (Phi) is 3.53. The molecule has 2 aliphatic carbocycles. The Morgan fingerprint density at radius 3 is 2.69 bits per heavy atom. The van der Waals surface area contributed by atoms with Gasteiger partial charge in [-0.25, -0.2) is 0 Å². The molecule has 2 saturated carbocycles. The van der Waals surface area contributed by atoms with Gasteiger partial charge in [-0.1, -0.05) is 6.92 Å². The lowest BCUT2D eigenvalue weighted by Gasteiger charge is -2.20. The minimum Gasteiger partial charge on any atom is -0.353 e. The molecule has 0 aromatic rings. The van der Waals surface area contributed by atoms with Crippen molar-refractivity contribution in [3.8, 4) is 0 Å². The lowest BCUT2D eigenvalue weighted by atomic mass is 10.0. The molecular weight excluding hydrogens is 200 g/mol. The van der Waals surface area contributed by atoms with Crippen LogP contribution in [-0.4, -0.2) is 24.5 Å². The van der Waals surface area contributed by atoms with E-state index in [-0.39, 0.29) is 5.91 Å². The van der Waals surface area contributed by atoms with Crippen LogP contribution in [0.15, 0.2) is 0 Å². The molecule has 3 nitrogen and oxygen atoms in total. The van der Waals surface area contributed by atoms with Crippen LogP contribution in [0.5, 0.6) is 0 Å². The fourth-order valence-corrected chi connectivity index (χ4v) is 1.97. The Hall–Kier alpha value is -0.570. The van der Waals surface area contributed by atoms with E-state index in [1.807, 2.05) is 0 Å². The van der Waals surface area contributed by atoms with Crippen molar-refractivity contribution in [1.82, 2.24) is 10.6 Å². The molecule has 0 aromatic heterocycles. The maximum Gasteiger partial charge on any atom is 0.220 e. The van der Waals surface area contributed by atoms with Crippen molar-refractivity contribution in [3.05, 3.63) is 0 Å². The molecule has 3 heteroatoms. The Bertz CT molecular complexity index is 257. The van der Waals surface area contributed by atoms with Gasteiger partial charge in [0.05, 0.1) is 0 Å². The summed E-state index contributed by atoms with van der Waals surface area (Å²) in [5.74, 6) is 0.231. The zero-order chi connectivity index (χ0) is 11.6. The maximum atomic E-state index is 11.4. The average Bonchev–Trinajstić information content (AvgIpc) is 3.12. The van der Waals surface area contributed by atoms with Crippen molar-refractivity contribution >= 4 is 5.91 Å². The second-order valence-corrected chi connectivity index (χ2v) is 5.78. The van der Waals surface area contributed by atoms with Crippen LogP contribution < -0.4 is 10.6 Å². The minimum absolute atomic E-state index is 0.231. The van der Waals surface area contributed by atoms with Crippen LogP contribution in [0.1, 0.15) is 52.4 Å². The summed E-state index contributed by atoms with van der Waals surface area (Å²) >= 11 is 0. The van der Waals surface area contributed by atoms with E-state index < -0.39 is 0 Å². The molecule has 0 bridgehead atoms. The molecule has 0 heterocycles. The SMILES string of the molecule is CC(NCCCC(=O)NC1CC1)C1(C)CC1. The van der Waals surface area contributed by atoms with Gasteiger partial charge in [0.15, 0.2) is 0 Å². The van der Waals surface area contributed by atoms with E-state index in [1.165, 1.54) is 25.7 Å². The molecule has 2 fully saturated rings. The predicted molar refractivity (Wildman–Crippen MR) is 65.2 cm³/mol. The highest BCUT2D eigenvalue weighted by Gasteiger charge is 2.41. The molecule has 1 amide bonds. The van der Waals surface area contributed by atoms with Crippen LogP contribution in [0, 0.1) is 5.41 Å². The van der Waals surface area contributed by atoms with Crippen molar-refractivity contribution in [1.29, 1.82) is 0 Å². The van der Waals surface area contributed by atoms with E-state index in [4.69, 9.17) is 0 Å². The summed E-state index contributed by atoms with van der Waals surface area (Å²) < 4.78 is 0. The smallest absolute Gasteiger partial charge is 0.220 e. The van der Waals surface area contributed by atoms with E-state index in [1.54, 1.807) is 0 Å². The third kappa shape index (κ3) is 3.48. The number of nitrogens with one attached hydrogen (secondary N) is 2. The van der Waals surface area contributed by atoms with Crippen molar-refractivity contribution in [2.45, 2.75) is 64.5 Å². The summed E-state index contributed by atoms with van der Waals surface area (Å²) in [5, 5.41) is 6.55. The molecule has 1 unspecified atom stereocenters. The number of rotatable bonds is 7. The lowest BCUT2D eigenvalue weighted by Crippen LogP contribution is -2.34. The van der Waals surface area contributed by atoms with E-state index in [0.29, 0.717) is 23.9 Å². The number of carbonyl (C=O) groups is 1. The van der Waals surface area contributed by atoms with Crippen molar-refractivity contribution in [2.75, 3.05) is 6.54 Å². The van der Waals surface area contributed by atoms with Gasteiger partial charge >= 0.3 is 0 Å². The highest BCUT2D eigenvalue weighted by Crippen LogP contribution is 2.47. The van der Waals surface area contributed by atoms with Gasteiger partial charge in [0.25, 0.3) is 0 Å². The predicted octanol–water partition coefficient (Wildman–Crippen LogP) is 1.82. The molecule has 0 saturated heterocycles. The molecule has 2 N–H and O–H groups in total. The third-order valence-electron chi connectivity index (χ3n) is 4.06. The fraction of sp³-hybridized carbons (Fsp3) is 0.923. The van der Waals surface area contributed by atoms with Gasteiger partial charge in [-0.05, 0) is 51.0 Å². The first-order valence-corrected chi connectivity index (χ1v) is 6.63. The monoisotopic (exact) mass is 224 g/mol. The first-order valence-electron chi connectivity index (χ1n) is 6.63. The van der Waals surface area contributed by atoms with E-state index in [9.17, 15) is 4.79 Å². The van der Waals surface area contributed by atoms with Gasteiger partial charge < -0.3 is 10.6 Å². The second-order valence-electron chi connectivity index (χ2n) is 5.78. The summed E-state index contributed by atoms with van der Waals surface area (Å²) in [6, 6.07) is 1.10. The number of hydrogen-bond donors (Lipinski definition) is 2. The average molecular weight is 224 g/mol. The van der Waals surface area contributed by atoms with E-state index >= 15 is 0 Å². The molecule has 0 radical (unpaired) electrons. The fourth-order valence-electron chi connectivity index (χ4n) is 1.97. The minimum atomic E-state index is 0.231. The largest absolute Gasteiger partial charge is 0.353 e. The van der Waals surface area contributed by atoms with Crippen LogP contribution in [0.4, 0.5) is 0 Å². The summed E-state index contributed by atoms with van der Waals surface area (Å²) in [6.07, 6.45) is 6.69. The summed E-state index contributed by atoms with van der Waals surface area (Å²) in [7, 11) is 0. The van der Waals surface area contributed by atoms with E-state index in [2.05, 4.69) is 24.5 Å². The van der Waals surface area contributed by atoms with Crippen LogP contribution >= 0.6 is 0 Å². The molecule has 0 spiro atoms. The topological polar surface area (TPSA) is 41.1 Å². The Morgan fingerprint density at radius 2 is 2.12 bits per heavy atom. The van der Waals surface area contributed by atoms with Gasteiger partial charge in [0.2, 0.25) is 5.91 Å². The highest BCUT2D eigenvalue weighted by atomic mass is 16.1. The Labute approximate surface area is 98.4 Å². The van der Waals surface area contributed by atoms with Gasteiger partial charge in [-0.15, -0.1) is 0 Å². The zero-order valence-electron chi connectivity index (χ0n) is 10.5. The summed E-state index contributed by atoms with van der Waals surface area (Å²) in [5.41, 5.74) is 0.538. The van der Waals surface area contributed by atoms with Crippen LogP contribution in [0.25, 0.3) is 0 Å². The quantitative estimate of drug-likeness (QED) is 0.648. The molecular formula is C13H24N2O. The highest BCUT2D eigenvalue weighted by molar-refractivity contribution is 5.76. The van der Waals surface area contributed by atoms with Gasteiger partial charge in [-0.2, -0.15) is 0 Å². The number of carbonyl (C=O) groups excluding carboxylic acids is 1. The molecule has 0 aromatic carbocycles. The maximum absolute atomic E-state index is 11.4. The normalized spacial score (nSPS) is 23.9. The number of amides is 1. The number of hydrogen-bond acceptors (Lipinski definition) is 2. The summed E-state index contributed by atoms with van der Waals surface area (Å²) in [4.78, 5) is 11.4. The first kappa shape index (κ1) is 11.9.